The molecule has 1 aromatic rings. The number of amides is 1. The number of hydrogen-bond acceptors (Lipinski definition) is 4. The lowest BCUT2D eigenvalue weighted by molar-refractivity contribution is -0.116. The number of benzene rings is 1. The summed E-state index contributed by atoms with van der Waals surface area (Å²) in [4.78, 5) is 13.3. The largest absolute Gasteiger partial charge is 0.312 e. The van der Waals surface area contributed by atoms with E-state index in [2.05, 4.69) is 4.18 Å². The number of carbonyl (C=O) groups excluding carboxylic acids is 1. The van der Waals surface area contributed by atoms with Crippen molar-refractivity contribution in [1.29, 1.82) is 0 Å². The van der Waals surface area contributed by atoms with Gasteiger partial charge in [-0.05, 0) is 36.6 Å². The fourth-order valence-electron chi connectivity index (χ4n) is 2.15. The van der Waals surface area contributed by atoms with E-state index < -0.39 is 10.1 Å². The van der Waals surface area contributed by atoms with Crippen molar-refractivity contribution >= 4 is 21.7 Å². The molecule has 0 fully saturated rings. The SMILES string of the molecule is COS(=O)(=O)c1ccc2c(c1)CCCN2C(C)=O. The highest BCUT2D eigenvalue weighted by Gasteiger charge is 2.22. The Morgan fingerprint density at radius 1 is 1.39 bits per heavy atom. The van der Waals surface area contributed by atoms with Gasteiger partial charge in [0.05, 0.1) is 12.0 Å². The predicted molar refractivity (Wildman–Crippen MR) is 67.0 cm³/mol. The van der Waals surface area contributed by atoms with Crippen LogP contribution >= 0.6 is 0 Å². The third-order valence-corrected chi connectivity index (χ3v) is 4.33. The Labute approximate surface area is 106 Å². The fourth-order valence-corrected chi connectivity index (χ4v) is 2.87. The Morgan fingerprint density at radius 3 is 2.72 bits per heavy atom. The molecule has 0 radical (unpaired) electrons. The van der Waals surface area contributed by atoms with E-state index in [-0.39, 0.29) is 10.8 Å². The lowest BCUT2D eigenvalue weighted by Crippen LogP contribution is -2.33. The maximum Gasteiger partial charge on any atom is 0.296 e. The van der Waals surface area contributed by atoms with Gasteiger partial charge in [-0.15, -0.1) is 0 Å². The van der Waals surface area contributed by atoms with Crippen molar-refractivity contribution in [3.63, 3.8) is 0 Å². The average molecular weight is 269 g/mol. The first kappa shape index (κ1) is 13.0. The zero-order valence-corrected chi connectivity index (χ0v) is 11.2. The van der Waals surface area contributed by atoms with Crippen LogP contribution in [0.15, 0.2) is 23.1 Å². The molecular weight excluding hydrogens is 254 g/mol. The van der Waals surface area contributed by atoms with E-state index in [9.17, 15) is 13.2 Å². The molecular formula is C12H15NO4S. The van der Waals surface area contributed by atoms with Crippen LogP contribution in [0.2, 0.25) is 0 Å². The average Bonchev–Trinajstić information content (AvgIpc) is 2.37. The van der Waals surface area contributed by atoms with Crippen molar-refractivity contribution in [2.24, 2.45) is 0 Å². The molecule has 1 heterocycles. The molecule has 0 aliphatic carbocycles. The second-order valence-electron chi connectivity index (χ2n) is 4.19. The first-order valence-corrected chi connectivity index (χ1v) is 7.08. The zero-order valence-electron chi connectivity index (χ0n) is 10.3. The van der Waals surface area contributed by atoms with E-state index in [0.717, 1.165) is 31.2 Å². The van der Waals surface area contributed by atoms with Gasteiger partial charge in [0.25, 0.3) is 10.1 Å². The lowest BCUT2D eigenvalue weighted by atomic mass is 10.0. The smallest absolute Gasteiger partial charge is 0.296 e. The van der Waals surface area contributed by atoms with E-state index in [4.69, 9.17) is 0 Å². The Kier molecular flexibility index (Phi) is 3.41. The minimum Gasteiger partial charge on any atom is -0.312 e. The van der Waals surface area contributed by atoms with E-state index in [1.807, 2.05) is 0 Å². The molecule has 0 saturated carbocycles. The van der Waals surface area contributed by atoms with Gasteiger partial charge in [-0.1, -0.05) is 0 Å². The Bertz CT molecular complexity index is 580. The van der Waals surface area contributed by atoms with Crippen LogP contribution in [0.3, 0.4) is 0 Å². The van der Waals surface area contributed by atoms with Gasteiger partial charge in [0.1, 0.15) is 0 Å². The summed E-state index contributed by atoms with van der Waals surface area (Å²) < 4.78 is 27.7. The summed E-state index contributed by atoms with van der Waals surface area (Å²) in [5.74, 6) is -0.0294. The summed E-state index contributed by atoms with van der Waals surface area (Å²) in [7, 11) is -2.54. The van der Waals surface area contributed by atoms with Crippen molar-refractivity contribution in [2.45, 2.75) is 24.7 Å². The van der Waals surface area contributed by atoms with Gasteiger partial charge in [0, 0.05) is 19.2 Å². The molecule has 6 heteroatoms. The lowest BCUT2D eigenvalue weighted by Gasteiger charge is -2.28. The number of nitrogens with zero attached hydrogens (tertiary/aromatic N) is 1. The van der Waals surface area contributed by atoms with Gasteiger partial charge >= 0.3 is 0 Å². The van der Waals surface area contributed by atoms with Crippen LogP contribution in [0.5, 0.6) is 0 Å². The van der Waals surface area contributed by atoms with Crippen LogP contribution < -0.4 is 4.90 Å². The van der Waals surface area contributed by atoms with Crippen LogP contribution in [0.1, 0.15) is 18.9 Å². The second-order valence-corrected chi connectivity index (χ2v) is 5.90. The first-order chi connectivity index (χ1) is 8.45. The van der Waals surface area contributed by atoms with Crippen LogP contribution in [0.4, 0.5) is 5.69 Å². The summed E-state index contributed by atoms with van der Waals surface area (Å²) in [5.41, 5.74) is 1.67. The molecule has 1 aliphatic rings. The summed E-state index contributed by atoms with van der Waals surface area (Å²) in [6, 6.07) is 4.73. The molecule has 0 bridgehead atoms. The predicted octanol–water partition coefficient (Wildman–Crippen LogP) is 1.32. The summed E-state index contributed by atoms with van der Waals surface area (Å²) in [6.07, 6.45) is 1.61. The molecule has 1 amide bonds. The number of anilines is 1. The van der Waals surface area contributed by atoms with Gasteiger partial charge in [0.2, 0.25) is 5.91 Å². The normalized spacial score (nSPS) is 15.3. The van der Waals surface area contributed by atoms with Gasteiger partial charge in [0.15, 0.2) is 0 Å². The first-order valence-electron chi connectivity index (χ1n) is 5.67. The van der Waals surface area contributed by atoms with Crippen LogP contribution in [-0.2, 0) is 25.5 Å². The van der Waals surface area contributed by atoms with Crippen LogP contribution in [0, 0.1) is 0 Å². The Balaban J connectivity index is 2.48. The molecule has 1 aliphatic heterocycles. The summed E-state index contributed by atoms with van der Waals surface area (Å²) in [5, 5.41) is 0. The highest BCUT2D eigenvalue weighted by Crippen LogP contribution is 2.29. The number of carbonyl (C=O) groups is 1. The third kappa shape index (κ3) is 2.26. The van der Waals surface area contributed by atoms with Crippen molar-refractivity contribution in [3.8, 4) is 0 Å². The van der Waals surface area contributed by atoms with Gasteiger partial charge in [-0.2, -0.15) is 8.42 Å². The van der Waals surface area contributed by atoms with E-state index >= 15 is 0 Å². The van der Waals surface area contributed by atoms with Gasteiger partial charge in [-0.25, -0.2) is 0 Å². The maximum atomic E-state index is 11.6. The molecule has 98 valence electrons. The Morgan fingerprint density at radius 2 is 2.11 bits per heavy atom. The highest BCUT2D eigenvalue weighted by molar-refractivity contribution is 7.86. The number of fused-ring (bicyclic) bond motifs is 1. The molecule has 1 aromatic carbocycles. The summed E-state index contributed by atoms with van der Waals surface area (Å²) >= 11 is 0. The van der Waals surface area contributed by atoms with Crippen LogP contribution in [0.25, 0.3) is 0 Å². The molecule has 0 aromatic heterocycles. The minimum absolute atomic E-state index is 0.0294. The topological polar surface area (TPSA) is 63.7 Å². The number of aryl methyl sites for hydroxylation is 1. The molecule has 0 unspecified atom stereocenters. The third-order valence-electron chi connectivity index (χ3n) is 3.06. The number of rotatable bonds is 2. The van der Waals surface area contributed by atoms with Crippen molar-refractivity contribution in [2.75, 3.05) is 18.6 Å². The fraction of sp³-hybridized carbons (Fsp3) is 0.417. The van der Waals surface area contributed by atoms with Gasteiger partial charge < -0.3 is 4.90 Å². The molecule has 0 atom stereocenters. The highest BCUT2D eigenvalue weighted by atomic mass is 32.2. The monoisotopic (exact) mass is 269 g/mol. The second kappa shape index (κ2) is 4.70. The summed E-state index contributed by atoms with van der Waals surface area (Å²) in [6.45, 7) is 2.19. The quantitative estimate of drug-likeness (QED) is 0.760. The molecule has 18 heavy (non-hydrogen) atoms. The zero-order chi connectivity index (χ0) is 13.3. The molecule has 2 rings (SSSR count). The molecule has 5 nitrogen and oxygen atoms in total. The molecule has 0 saturated heterocycles. The standard InChI is InChI=1S/C12H15NO4S/c1-9(14)13-7-3-4-10-8-11(5-6-12(10)13)18(15,16)17-2/h5-6,8H,3-4,7H2,1-2H3. The minimum atomic E-state index is -3.67. The maximum absolute atomic E-state index is 11.6. The van der Waals surface area contributed by atoms with E-state index in [1.165, 1.54) is 13.0 Å². The van der Waals surface area contributed by atoms with E-state index in [0.29, 0.717) is 6.54 Å². The van der Waals surface area contributed by atoms with Crippen LogP contribution in [-0.4, -0.2) is 28.0 Å². The molecule has 0 spiro atoms. The molecule has 0 N–H and O–H groups in total. The van der Waals surface area contributed by atoms with Gasteiger partial charge in [-0.3, -0.25) is 8.98 Å². The van der Waals surface area contributed by atoms with Crippen molar-refractivity contribution in [1.82, 2.24) is 0 Å². The van der Waals surface area contributed by atoms with Crippen molar-refractivity contribution in [3.05, 3.63) is 23.8 Å². The number of hydrogen-bond donors (Lipinski definition) is 0. The van der Waals surface area contributed by atoms with Crippen molar-refractivity contribution < 1.29 is 17.4 Å². The van der Waals surface area contributed by atoms with E-state index in [1.54, 1.807) is 17.0 Å². The Hall–Kier alpha value is -1.40.